The minimum Gasteiger partial charge on any atom is -0.324 e. The lowest BCUT2D eigenvalue weighted by molar-refractivity contribution is 0.817. The van der Waals surface area contributed by atoms with Crippen LogP contribution in [0.25, 0.3) is 5.69 Å². The molecule has 4 nitrogen and oxygen atoms in total. The molecule has 0 radical (unpaired) electrons. The maximum Gasteiger partial charge on any atom is 0.217 e. The summed E-state index contributed by atoms with van der Waals surface area (Å²) in [5.74, 6) is 0.306. The third-order valence-corrected chi connectivity index (χ3v) is 2.80. The second kappa shape index (κ2) is 4.58. The maximum absolute atomic E-state index is 8.91. The summed E-state index contributed by atoms with van der Waals surface area (Å²) in [6, 6.07) is 7.48. The van der Waals surface area contributed by atoms with Crippen LogP contribution in [0.1, 0.15) is 24.4 Å². The number of hydrogen-bond donors (Lipinski definition) is 1. The highest BCUT2D eigenvalue weighted by Crippen LogP contribution is 2.24. The number of nitrogens with zero attached hydrogens (tertiary/aromatic N) is 3. The smallest absolute Gasteiger partial charge is 0.217 e. The summed E-state index contributed by atoms with van der Waals surface area (Å²) in [5, 5.41) is 9.46. The molecule has 1 unspecified atom stereocenters. The molecule has 0 aliphatic rings. The lowest BCUT2D eigenvalue weighted by atomic mass is 10.1. The van der Waals surface area contributed by atoms with E-state index >= 15 is 0 Å². The third kappa shape index (κ3) is 2.16. The Bertz CT molecular complexity index is 580. The van der Waals surface area contributed by atoms with Crippen LogP contribution in [0.5, 0.6) is 0 Å². The summed E-state index contributed by atoms with van der Waals surface area (Å²) < 4.78 is 1.65. The molecule has 5 heteroatoms. The van der Waals surface area contributed by atoms with Crippen LogP contribution in [0.3, 0.4) is 0 Å². The van der Waals surface area contributed by atoms with E-state index in [1.54, 1.807) is 17.0 Å². The molecule has 2 aromatic rings. The van der Waals surface area contributed by atoms with E-state index in [-0.39, 0.29) is 6.04 Å². The number of nitrogens with two attached hydrogens (primary N) is 1. The summed E-state index contributed by atoms with van der Waals surface area (Å²) in [6.45, 7) is 1.89. The highest BCUT2D eigenvalue weighted by Gasteiger charge is 2.09. The molecule has 0 bridgehead atoms. The number of hydrogen-bond acceptors (Lipinski definition) is 3. The molecule has 0 aliphatic heterocycles. The van der Waals surface area contributed by atoms with Gasteiger partial charge in [-0.15, -0.1) is 0 Å². The fraction of sp³-hybridized carbons (Fsp3) is 0.167. The number of benzene rings is 1. The molecule has 1 aromatic heterocycles. The standard InChI is InChI=1S/C12H11ClN4/c1-8(15)9-2-3-11(10(13)6-9)17-5-4-16-12(17)7-14/h2-6,8H,15H2,1H3. The molecule has 0 amide bonds. The second-order valence-corrected chi connectivity index (χ2v) is 4.14. The van der Waals surface area contributed by atoms with Gasteiger partial charge in [0.15, 0.2) is 0 Å². The molecular formula is C12H11ClN4. The summed E-state index contributed by atoms with van der Waals surface area (Å²) in [6.07, 6.45) is 3.26. The number of halogens is 1. The Balaban J connectivity index is 2.51. The monoisotopic (exact) mass is 246 g/mol. The average Bonchev–Trinajstić information content (AvgIpc) is 2.76. The molecule has 0 saturated heterocycles. The fourth-order valence-corrected chi connectivity index (χ4v) is 1.86. The van der Waals surface area contributed by atoms with Crippen molar-refractivity contribution in [3.8, 4) is 11.8 Å². The molecule has 1 aromatic carbocycles. The van der Waals surface area contributed by atoms with Gasteiger partial charge in [0.25, 0.3) is 0 Å². The molecule has 0 aliphatic carbocycles. The predicted molar refractivity (Wildman–Crippen MR) is 65.9 cm³/mol. The van der Waals surface area contributed by atoms with Gasteiger partial charge in [-0.05, 0) is 24.6 Å². The van der Waals surface area contributed by atoms with E-state index in [2.05, 4.69) is 4.98 Å². The quantitative estimate of drug-likeness (QED) is 0.885. The van der Waals surface area contributed by atoms with Gasteiger partial charge in [0.05, 0.1) is 10.7 Å². The van der Waals surface area contributed by atoms with Crippen molar-refractivity contribution < 1.29 is 0 Å². The van der Waals surface area contributed by atoms with Crippen LogP contribution in [0.4, 0.5) is 0 Å². The zero-order chi connectivity index (χ0) is 12.4. The largest absolute Gasteiger partial charge is 0.324 e. The van der Waals surface area contributed by atoms with Gasteiger partial charge in [-0.2, -0.15) is 5.26 Å². The number of imidazole rings is 1. The highest BCUT2D eigenvalue weighted by atomic mass is 35.5. The van der Waals surface area contributed by atoms with Gasteiger partial charge >= 0.3 is 0 Å². The summed E-state index contributed by atoms with van der Waals surface area (Å²) >= 11 is 6.18. The molecular weight excluding hydrogens is 236 g/mol. The van der Waals surface area contributed by atoms with E-state index in [0.717, 1.165) is 11.3 Å². The Hall–Kier alpha value is -1.83. The van der Waals surface area contributed by atoms with Gasteiger partial charge in [-0.3, -0.25) is 4.57 Å². The van der Waals surface area contributed by atoms with E-state index in [9.17, 15) is 0 Å². The van der Waals surface area contributed by atoms with Crippen molar-refractivity contribution in [2.45, 2.75) is 13.0 Å². The Morgan fingerprint density at radius 3 is 2.88 bits per heavy atom. The SMILES string of the molecule is CC(N)c1ccc(-n2ccnc2C#N)c(Cl)c1. The van der Waals surface area contributed by atoms with Crippen LogP contribution in [0.2, 0.25) is 5.02 Å². The molecule has 17 heavy (non-hydrogen) atoms. The van der Waals surface area contributed by atoms with Crippen molar-refractivity contribution in [1.82, 2.24) is 9.55 Å². The van der Waals surface area contributed by atoms with Crippen molar-refractivity contribution in [2.75, 3.05) is 0 Å². The summed E-state index contributed by atoms with van der Waals surface area (Å²) in [5.41, 5.74) is 7.46. The summed E-state index contributed by atoms with van der Waals surface area (Å²) in [7, 11) is 0. The number of rotatable bonds is 2. The van der Waals surface area contributed by atoms with Crippen molar-refractivity contribution in [2.24, 2.45) is 5.73 Å². The molecule has 0 saturated carbocycles. The van der Waals surface area contributed by atoms with Gasteiger partial charge in [-0.25, -0.2) is 4.98 Å². The van der Waals surface area contributed by atoms with E-state index in [1.807, 2.05) is 31.2 Å². The maximum atomic E-state index is 8.91. The Labute approximate surface area is 104 Å². The van der Waals surface area contributed by atoms with Crippen molar-refractivity contribution in [3.05, 3.63) is 47.0 Å². The van der Waals surface area contributed by atoms with E-state index in [1.165, 1.54) is 0 Å². The molecule has 0 fully saturated rings. The minimum absolute atomic E-state index is 0.0697. The molecule has 0 spiro atoms. The topological polar surface area (TPSA) is 67.6 Å². The second-order valence-electron chi connectivity index (χ2n) is 3.73. The van der Waals surface area contributed by atoms with Crippen LogP contribution in [0, 0.1) is 11.3 Å². The van der Waals surface area contributed by atoms with Gasteiger partial charge in [0, 0.05) is 18.4 Å². The van der Waals surface area contributed by atoms with E-state index in [4.69, 9.17) is 22.6 Å². The van der Waals surface area contributed by atoms with Crippen LogP contribution < -0.4 is 5.73 Å². The number of nitriles is 1. The van der Waals surface area contributed by atoms with Crippen molar-refractivity contribution in [3.63, 3.8) is 0 Å². The van der Waals surface area contributed by atoms with Crippen LogP contribution >= 0.6 is 11.6 Å². The Morgan fingerprint density at radius 2 is 2.29 bits per heavy atom. The van der Waals surface area contributed by atoms with E-state index in [0.29, 0.717) is 10.8 Å². The molecule has 2 N–H and O–H groups in total. The Kier molecular flexibility index (Phi) is 3.14. The first-order chi connectivity index (χ1) is 8.13. The van der Waals surface area contributed by atoms with Gasteiger partial charge in [0.1, 0.15) is 6.07 Å². The Morgan fingerprint density at radius 1 is 1.53 bits per heavy atom. The third-order valence-electron chi connectivity index (χ3n) is 2.50. The lowest BCUT2D eigenvalue weighted by Gasteiger charge is -2.10. The lowest BCUT2D eigenvalue weighted by Crippen LogP contribution is -2.05. The van der Waals surface area contributed by atoms with Crippen molar-refractivity contribution in [1.29, 1.82) is 5.26 Å². The van der Waals surface area contributed by atoms with Gasteiger partial charge in [0.2, 0.25) is 5.82 Å². The normalized spacial score (nSPS) is 12.1. The first kappa shape index (κ1) is 11.6. The van der Waals surface area contributed by atoms with Crippen molar-refractivity contribution >= 4 is 11.6 Å². The molecule has 86 valence electrons. The molecule has 1 atom stereocenters. The van der Waals surface area contributed by atoms with E-state index < -0.39 is 0 Å². The highest BCUT2D eigenvalue weighted by molar-refractivity contribution is 6.32. The predicted octanol–water partition coefficient (Wildman–Crippen LogP) is 2.42. The molecule has 2 rings (SSSR count). The first-order valence-electron chi connectivity index (χ1n) is 5.12. The zero-order valence-corrected chi connectivity index (χ0v) is 10.0. The van der Waals surface area contributed by atoms with Crippen LogP contribution in [-0.4, -0.2) is 9.55 Å². The number of aromatic nitrogens is 2. The average molecular weight is 247 g/mol. The van der Waals surface area contributed by atoms with Gasteiger partial charge < -0.3 is 5.73 Å². The van der Waals surface area contributed by atoms with Gasteiger partial charge in [-0.1, -0.05) is 17.7 Å². The molecule has 1 heterocycles. The van der Waals surface area contributed by atoms with Crippen LogP contribution in [0.15, 0.2) is 30.6 Å². The van der Waals surface area contributed by atoms with Crippen LogP contribution in [-0.2, 0) is 0 Å². The summed E-state index contributed by atoms with van der Waals surface area (Å²) in [4.78, 5) is 3.93. The zero-order valence-electron chi connectivity index (χ0n) is 9.26. The fourth-order valence-electron chi connectivity index (χ4n) is 1.58. The minimum atomic E-state index is -0.0697. The first-order valence-corrected chi connectivity index (χ1v) is 5.50.